The number of rotatable bonds is 5. The molecule has 9 nitrogen and oxygen atoms in total. The second-order valence-corrected chi connectivity index (χ2v) is 8.48. The van der Waals surface area contributed by atoms with Gasteiger partial charge in [0.2, 0.25) is 0 Å². The zero-order valence-electron chi connectivity index (χ0n) is 18.0. The molecule has 1 aliphatic heterocycles. The Morgan fingerprint density at radius 1 is 1.30 bits per heavy atom. The van der Waals surface area contributed by atoms with Gasteiger partial charge >= 0.3 is 6.09 Å². The van der Waals surface area contributed by atoms with Crippen LogP contribution in [0.25, 0.3) is 0 Å². The molecule has 0 spiro atoms. The normalized spacial score (nSPS) is 18.6. The van der Waals surface area contributed by atoms with Gasteiger partial charge in [-0.2, -0.15) is 10.1 Å². The number of hydrogen-bond donors (Lipinski definition) is 0. The minimum Gasteiger partial charge on any atom is -0.444 e. The average molecular weight is 412 g/mol. The molecule has 1 amide bonds. The minimum atomic E-state index is -0.518. The summed E-state index contributed by atoms with van der Waals surface area (Å²) in [5.41, 5.74) is 0.547. The van der Waals surface area contributed by atoms with Gasteiger partial charge in [-0.15, -0.1) is 10.2 Å². The number of aryl methyl sites for hydroxylation is 1. The van der Waals surface area contributed by atoms with E-state index in [9.17, 15) is 4.79 Å². The first-order chi connectivity index (χ1) is 14.3. The lowest BCUT2D eigenvalue weighted by molar-refractivity contribution is 0.000380. The lowest BCUT2D eigenvalue weighted by Gasteiger charge is -2.43. The third-order valence-corrected chi connectivity index (χ3v) is 4.91. The Labute approximate surface area is 177 Å². The number of carbonyl (C=O) groups is 1. The van der Waals surface area contributed by atoms with Crippen molar-refractivity contribution in [3.05, 3.63) is 41.7 Å². The second-order valence-electron chi connectivity index (χ2n) is 8.48. The van der Waals surface area contributed by atoms with E-state index in [4.69, 9.17) is 10.00 Å². The monoisotopic (exact) mass is 411 g/mol. The standard InChI is InChI=1S/C21H29N7O2/c1-16-15-26(20(29)30-21(2,3)4)13-14-27(16)18(17-9-6-5-7-10-17)19-23-25-28(24-19)12-8-11-22/h5-7,9-10,16,18H,8,12-15H2,1-4H3/t16-,18?/m1/s1. The predicted octanol–water partition coefficient (Wildman–Crippen LogP) is 2.62. The van der Waals surface area contributed by atoms with Crippen LogP contribution in [-0.4, -0.2) is 67.4 Å². The van der Waals surface area contributed by atoms with E-state index < -0.39 is 5.60 Å². The summed E-state index contributed by atoms with van der Waals surface area (Å²) in [6, 6.07) is 12.0. The molecule has 0 saturated carbocycles. The molecular weight excluding hydrogens is 382 g/mol. The van der Waals surface area contributed by atoms with Crippen molar-refractivity contribution in [1.29, 1.82) is 5.26 Å². The van der Waals surface area contributed by atoms with Gasteiger partial charge in [-0.1, -0.05) is 30.3 Å². The summed E-state index contributed by atoms with van der Waals surface area (Å²) in [6.07, 6.45) is 0.0439. The van der Waals surface area contributed by atoms with Crippen LogP contribution >= 0.6 is 0 Å². The first-order valence-corrected chi connectivity index (χ1v) is 10.2. The topological polar surface area (TPSA) is 100 Å². The molecule has 30 heavy (non-hydrogen) atoms. The summed E-state index contributed by atoms with van der Waals surface area (Å²) >= 11 is 0. The van der Waals surface area contributed by atoms with Gasteiger partial charge < -0.3 is 9.64 Å². The maximum atomic E-state index is 12.5. The number of aromatic nitrogens is 4. The number of hydrogen-bond acceptors (Lipinski definition) is 7. The molecule has 9 heteroatoms. The van der Waals surface area contributed by atoms with E-state index in [1.165, 1.54) is 4.80 Å². The van der Waals surface area contributed by atoms with Crippen LogP contribution < -0.4 is 0 Å². The molecule has 1 unspecified atom stereocenters. The first-order valence-electron chi connectivity index (χ1n) is 10.2. The van der Waals surface area contributed by atoms with Crippen LogP contribution in [0.3, 0.4) is 0 Å². The molecule has 0 radical (unpaired) electrons. The van der Waals surface area contributed by atoms with Gasteiger partial charge in [0, 0.05) is 25.7 Å². The molecule has 2 heterocycles. The number of nitrogens with zero attached hydrogens (tertiary/aromatic N) is 7. The molecule has 1 aliphatic rings. The van der Waals surface area contributed by atoms with Gasteiger partial charge in [-0.05, 0) is 38.5 Å². The Morgan fingerprint density at radius 2 is 2.03 bits per heavy atom. The van der Waals surface area contributed by atoms with Crippen LogP contribution in [-0.2, 0) is 11.3 Å². The predicted molar refractivity (Wildman–Crippen MR) is 110 cm³/mol. The van der Waals surface area contributed by atoms with Crippen LogP contribution in [0.1, 0.15) is 51.5 Å². The highest BCUT2D eigenvalue weighted by Crippen LogP contribution is 2.30. The van der Waals surface area contributed by atoms with E-state index in [1.54, 1.807) is 4.90 Å². The Bertz CT molecular complexity index is 885. The number of nitriles is 1. The second kappa shape index (κ2) is 9.22. The molecule has 2 aromatic rings. The Morgan fingerprint density at radius 3 is 2.67 bits per heavy atom. The molecule has 3 rings (SSSR count). The van der Waals surface area contributed by atoms with Crippen LogP contribution in [0, 0.1) is 11.3 Å². The summed E-state index contributed by atoms with van der Waals surface area (Å²) in [5.74, 6) is 0.594. The number of piperazine rings is 1. The highest BCUT2D eigenvalue weighted by Gasteiger charge is 2.36. The number of amides is 1. The van der Waals surface area contributed by atoms with Crippen LogP contribution in [0.5, 0.6) is 0 Å². The van der Waals surface area contributed by atoms with Crippen LogP contribution in [0.4, 0.5) is 4.79 Å². The van der Waals surface area contributed by atoms with Gasteiger partial charge in [0.15, 0.2) is 5.82 Å². The van der Waals surface area contributed by atoms with E-state index in [0.29, 0.717) is 38.4 Å². The average Bonchev–Trinajstić information content (AvgIpc) is 3.16. The zero-order valence-corrected chi connectivity index (χ0v) is 18.0. The smallest absolute Gasteiger partial charge is 0.410 e. The van der Waals surface area contributed by atoms with Crippen molar-refractivity contribution >= 4 is 6.09 Å². The van der Waals surface area contributed by atoms with E-state index in [0.717, 1.165) is 5.56 Å². The zero-order chi connectivity index (χ0) is 21.7. The van der Waals surface area contributed by atoms with E-state index >= 15 is 0 Å². The maximum absolute atomic E-state index is 12.5. The summed E-state index contributed by atoms with van der Waals surface area (Å²) < 4.78 is 5.54. The quantitative estimate of drug-likeness (QED) is 0.745. The fraction of sp³-hybridized carbons (Fsp3) is 0.571. The summed E-state index contributed by atoms with van der Waals surface area (Å²) in [4.78, 5) is 18.0. The minimum absolute atomic E-state index is 0.0718. The molecule has 1 fully saturated rings. The molecule has 1 aromatic carbocycles. The van der Waals surface area contributed by atoms with E-state index in [1.807, 2.05) is 51.1 Å². The first kappa shape index (κ1) is 21.7. The van der Waals surface area contributed by atoms with Crippen molar-refractivity contribution in [2.24, 2.45) is 0 Å². The van der Waals surface area contributed by atoms with Crippen molar-refractivity contribution in [2.75, 3.05) is 19.6 Å². The molecule has 0 bridgehead atoms. The maximum Gasteiger partial charge on any atom is 0.410 e. The van der Waals surface area contributed by atoms with Crippen molar-refractivity contribution in [3.63, 3.8) is 0 Å². The SMILES string of the molecule is C[C@@H]1CN(C(=O)OC(C)(C)C)CCN1C(c1ccccc1)c1nnn(CCC#N)n1. The number of ether oxygens (including phenoxy) is 1. The lowest BCUT2D eigenvalue weighted by Crippen LogP contribution is -2.55. The number of carbonyl (C=O) groups excluding carboxylic acids is 1. The molecular formula is C21H29N7O2. The molecule has 160 valence electrons. The van der Waals surface area contributed by atoms with Crippen molar-refractivity contribution in [3.8, 4) is 6.07 Å². The fourth-order valence-corrected chi connectivity index (χ4v) is 3.58. The number of tetrazole rings is 1. The van der Waals surface area contributed by atoms with Crippen molar-refractivity contribution in [1.82, 2.24) is 30.0 Å². The Balaban J connectivity index is 1.81. The number of benzene rings is 1. The van der Waals surface area contributed by atoms with Crippen LogP contribution in [0.15, 0.2) is 30.3 Å². The Hall–Kier alpha value is -2.99. The van der Waals surface area contributed by atoms with E-state index in [-0.39, 0.29) is 18.2 Å². The van der Waals surface area contributed by atoms with Gasteiger partial charge in [-0.3, -0.25) is 4.90 Å². The van der Waals surface area contributed by atoms with Gasteiger partial charge in [-0.25, -0.2) is 4.79 Å². The molecule has 0 aliphatic carbocycles. The van der Waals surface area contributed by atoms with Gasteiger partial charge in [0.1, 0.15) is 5.60 Å². The molecule has 0 N–H and O–H groups in total. The molecule has 1 saturated heterocycles. The van der Waals surface area contributed by atoms with Gasteiger partial charge in [0.25, 0.3) is 0 Å². The summed E-state index contributed by atoms with van der Waals surface area (Å²) in [7, 11) is 0. The summed E-state index contributed by atoms with van der Waals surface area (Å²) in [6.45, 7) is 9.89. The van der Waals surface area contributed by atoms with E-state index in [2.05, 4.69) is 33.3 Å². The van der Waals surface area contributed by atoms with Crippen LogP contribution in [0.2, 0.25) is 0 Å². The highest BCUT2D eigenvalue weighted by molar-refractivity contribution is 5.68. The Kier molecular flexibility index (Phi) is 6.67. The van der Waals surface area contributed by atoms with Crippen molar-refractivity contribution in [2.45, 2.75) is 58.3 Å². The lowest BCUT2D eigenvalue weighted by atomic mass is 10.0. The summed E-state index contributed by atoms with van der Waals surface area (Å²) in [5, 5.41) is 21.7. The van der Waals surface area contributed by atoms with Crippen molar-refractivity contribution < 1.29 is 9.53 Å². The third kappa shape index (κ3) is 5.33. The third-order valence-electron chi connectivity index (χ3n) is 4.91. The fourth-order valence-electron chi connectivity index (χ4n) is 3.58. The van der Waals surface area contributed by atoms with Gasteiger partial charge in [0.05, 0.1) is 25.1 Å². The molecule has 2 atom stereocenters. The highest BCUT2D eigenvalue weighted by atomic mass is 16.6. The largest absolute Gasteiger partial charge is 0.444 e. The molecule has 1 aromatic heterocycles.